The van der Waals surface area contributed by atoms with Crippen molar-refractivity contribution in [3.8, 4) is 5.69 Å². The molecule has 21 nitrogen and oxygen atoms in total. The number of hydrogen-bond acceptors (Lipinski definition) is 12. The van der Waals surface area contributed by atoms with Gasteiger partial charge in [-0.3, -0.25) is 43.3 Å². The number of nitrogens with one attached hydrogen (secondary N) is 5. The van der Waals surface area contributed by atoms with E-state index in [9.17, 15) is 57.8 Å². The minimum absolute atomic E-state index is 0.0743. The first-order valence-electron chi connectivity index (χ1n) is 27.7. The molecular weight excluding hydrogens is 1070 g/mol. The molecule has 1 aliphatic heterocycles. The van der Waals surface area contributed by atoms with E-state index in [-0.39, 0.29) is 86.0 Å². The van der Waals surface area contributed by atoms with Crippen molar-refractivity contribution in [2.45, 2.75) is 161 Å². The summed E-state index contributed by atoms with van der Waals surface area (Å²) in [5.74, 6) is -7.82. The van der Waals surface area contributed by atoms with E-state index in [0.29, 0.717) is 36.9 Å². The number of hydrogen-bond donors (Lipinski definition) is 8. The van der Waals surface area contributed by atoms with Gasteiger partial charge in [0.05, 0.1) is 17.8 Å². The fourth-order valence-corrected chi connectivity index (χ4v) is 10.0. The molecule has 2 aromatic carbocycles. The van der Waals surface area contributed by atoms with Gasteiger partial charge >= 0.3 is 5.97 Å². The van der Waals surface area contributed by atoms with Gasteiger partial charge < -0.3 is 47.4 Å². The molecule has 81 heavy (non-hydrogen) atoms. The lowest BCUT2D eigenvalue weighted by Crippen LogP contribution is -2.56. The van der Waals surface area contributed by atoms with E-state index < -0.39 is 101 Å². The summed E-state index contributed by atoms with van der Waals surface area (Å²) in [4.78, 5) is 119. The number of benzene rings is 2. The Kier molecular flexibility index (Phi) is 25.6. The summed E-state index contributed by atoms with van der Waals surface area (Å²) in [6.07, 6.45) is 4.40. The second-order valence-electron chi connectivity index (χ2n) is 22.1. The van der Waals surface area contributed by atoms with Crippen LogP contribution in [0, 0.1) is 28.9 Å². The number of aliphatic carboxylic acids is 1. The van der Waals surface area contributed by atoms with Gasteiger partial charge in [-0.1, -0.05) is 102 Å². The van der Waals surface area contributed by atoms with Crippen LogP contribution in [0.2, 0.25) is 4.28 Å². The second-order valence-corrected chi connectivity index (χ2v) is 23.3. The number of aliphatic hydroxyl groups is 1. The van der Waals surface area contributed by atoms with Crippen molar-refractivity contribution in [3.63, 3.8) is 0 Å². The van der Waals surface area contributed by atoms with Crippen LogP contribution in [0.25, 0.3) is 5.69 Å². The molecule has 1 saturated heterocycles. The molecule has 1 unspecified atom stereocenters. The summed E-state index contributed by atoms with van der Waals surface area (Å²) >= 11 is 2.77. The van der Waals surface area contributed by atoms with E-state index in [1.54, 1.807) is 20.0 Å². The van der Waals surface area contributed by atoms with Crippen molar-refractivity contribution in [2.75, 3.05) is 32.8 Å². The number of aromatic nitrogens is 2. The third kappa shape index (κ3) is 19.3. The number of imide groups is 1. The average Bonchev–Trinajstić information content (AvgIpc) is 4.08. The summed E-state index contributed by atoms with van der Waals surface area (Å²) in [5, 5.41) is 37.5. The Hall–Kier alpha value is -6.61. The molecule has 6 atom stereocenters. The molecule has 1 aromatic heterocycles. The number of rotatable bonds is 32. The third-order valence-corrected chi connectivity index (χ3v) is 15.9. The molecule has 0 saturated carbocycles. The molecular formula is C57H81AlF2N10O11. The average molecular weight is 1150 g/mol. The van der Waals surface area contributed by atoms with Crippen molar-refractivity contribution in [1.82, 2.24) is 46.2 Å². The van der Waals surface area contributed by atoms with Gasteiger partial charge in [0.2, 0.25) is 47.3 Å². The van der Waals surface area contributed by atoms with Crippen LogP contribution in [0.1, 0.15) is 142 Å². The van der Waals surface area contributed by atoms with Crippen LogP contribution in [0.15, 0.2) is 54.7 Å². The van der Waals surface area contributed by atoms with Gasteiger partial charge in [0.25, 0.3) is 0 Å². The van der Waals surface area contributed by atoms with Crippen LogP contribution >= 0.6 is 0 Å². The van der Waals surface area contributed by atoms with Crippen molar-refractivity contribution >= 4 is 69.5 Å². The normalized spacial score (nSPS) is 15.6. The summed E-state index contributed by atoms with van der Waals surface area (Å²) in [6, 6.07) is 6.49. The molecule has 2 radical (unpaired) electrons. The van der Waals surface area contributed by atoms with E-state index in [1.807, 2.05) is 65.0 Å². The lowest BCUT2D eigenvalue weighted by molar-refractivity contribution is -0.143. The first kappa shape index (κ1) is 66.9. The Morgan fingerprint density at radius 1 is 0.852 bits per heavy atom. The Morgan fingerprint density at radius 3 is 2.14 bits per heavy atom. The molecule has 1 fully saturated rings. The van der Waals surface area contributed by atoms with Gasteiger partial charge in [-0.05, 0) is 61.6 Å². The molecule has 9 N–H and O–H groups in total. The lowest BCUT2D eigenvalue weighted by atomic mass is 9.81. The van der Waals surface area contributed by atoms with Crippen molar-refractivity contribution in [1.29, 1.82) is 0 Å². The van der Waals surface area contributed by atoms with Crippen LogP contribution in [-0.4, -0.2) is 156 Å². The summed E-state index contributed by atoms with van der Waals surface area (Å²) in [6.45, 7) is 13.4. The number of amides is 8. The largest absolute Gasteiger partial charge is 0.480 e. The maximum absolute atomic E-state index is 15.1. The van der Waals surface area contributed by atoms with E-state index in [0.717, 1.165) is 36.6 Å². The van der Waals surface area contributed by atoms with Crippen molar-refractivity contribution in [2.24, 2.45) is 23.0 Å². The lowest BCUT2D eigenvalue weighted by Gasteiger charge is -2.40. The summed E-state index contributed by atoms with van der Waals surface area (Å²) in [7, 11) is 0. The molecule has 3 aromatic rings. The minimum atomic E-state index is -1.52. The van der Waals surface area contributed by atoms with E-state index in [2.05, 4.69) is 42.9 Å². The Balaban J connectivity index is 1.23. The van der Waals surface area contributed by atoms with E-state index >= 15 is 4.39 Å². The highest BCUT2D eigenvalue weighted by molar-refractivity contribution is 6.19. The highest BCUT2D eigenvalue weighted by Crippen LogP contribution is 2.45. The molecule has 442 valence electrons. The van der Waals surface area contributed by atoms with Gasteiger partial charge in [-0.2, -0.15) is 5.10 Å². The number of carbonyl (C=O) groups excluding carboxylic acids is 8. The van der Waals surface area contributed by atoms with Gasteiger partial charge in [0, 0.05) is 75.6 Å². The topological polar surface area (TPSA) is 305 Å². The smallest absolute Gasteiger partial charge is 0.326 e. The van der Waals surface area contributed by atoms with Gasteiger partial charge in [-0.25, -0.2) is 18.3 Å². The number of nitrogens with two attached hydrogens (primary N) is 1. The number of nitrogens with zero attached hydrogens (tertiary/aromatic N) is 4. The molecule has 4 rings (SSSR count). The minimum Gasteiger partial charge on any atom is -0.480 e. The van der Waals surface area contributed by atoms with Gasteiger partial charge in [0.15, 0.2) is 0 Å². The van der Waals surface area contributed by atoms with Crippen LogP contribution in [-0.2, 0) is 49.6 Å². The first-order valence-corrected chi connectivity index (χ1v) is 28.3. The maximum atomic E-state index is 15.1. The number of aliphatic hydroxyl groups excluding tert-OH is 1. The number of likely N-dealkylation sites (tertiary alicyclic amines) is 1. The number of unbranched alkanes of at least 4 members (excludes halogenated alkanes) is 2. The Labute approximate surface area is 481 Å². The van der Waals surface area contributed by atoms with Crippen molar-refractivity contribution in [3.05, 3.63) is 83.2 Å². The standard InChI is InChI=1S/C57H81F2N10O11.Al/c1-9-37(10-2)40-31-47(73)68(55(40)78)27-16-12-15-19-46(72)65-49(34(3)4)54(77)63-35(5)52(75)64-43(56(79)80)22-23-45(71)61-25-26-62-53(76)42(60)24-28-67(48(74)33-70)51(57(6,7)8)50-38(29-36-17-13-11-14-18-36)32-69(66-50)44-30-39(58)20-21-41(44)59;/h11,13-14,17-18,20-21,30,32,34-35,40,42-43,49,51,70H,9-10,12,15-16,19,22-29,31,33,60H2,1-8H3,(H,61,71)(H,62,76)(H,63,77)(H,64,75)(H,65,72)(H,79,80);/t35-,40?,42-,43-,49-,51-;/m0./s1. The molecule has 24 heteroatoms. The zero-order chi connectivity index (χ0) is 60.4. The zero-order valence-electron chi connectivity index (χ0n) is 47.8. The second kappa shape index (κ2) is 31.0. The first-order chi connectivity index (χ1) is 38.1. The van der Waals surface area contributed by atoms with Gasteiger partial charge in [-0.15, -0.1) is 0 Å². The third-order valence-electron chi connectivity index (χ3n) is 14.7. The number of halogens is 2. The monoisotopic (exact) mass is 1150 g/mol. The van der Waals surface area contributed by atoms with Crippen molar-refractivity contribution < 1.29 is 62.1 Å². The summed E-state index contributed by atoms with van der Waals surface area (Å²) < 4.78 is 30.4. The molecule has 2 heterocycles. The highest BCUT2D eigenvalue weighted by atomic mass is 27.0. The predicted octanol–water partition coefficient (Wildman–Crippen LogP) is 3.68. The molecule has 8 amide bonds. The zero-order valence-corrected chi connectivity index (χ0v) is 49.0. The maximum Gasteiger partial charge on any atom is 0.326 e. The molecule has 0 spiro atoms. The van der Waals surface area contributed by atoms with E-state index in [1.165, 1.54) is 21.4 Å². The molecule has 1 aliphatic rings. The van der Waals surface area contributed by atoms with Gasteiger partial charge in [0.1, 0.15) is 58.3 Å². The molecule has 0 bridgehead atoms. The van der Waals surface area contributed by atoms with Crippen LogP contribution in [0.4, 0.5) is 8.78 Å². The predicted molar refractivity (Wildman–Crippen MR) is 298 cm³/mol. The van der Waals surface area contributed by atoms with Crippen LogP contribution < -0.4 is 32.3 Å². The highest BCUT2D eigenvalue weighted by Gasteiger charge is 2.46. The molecule has 0 aliphatic carbocycles. The Morgan fingerprint density at radius 2 is 1.52 bits per heavy atom. The summed E-state index contributed by atoms with van der Waals surface area (Å²) in [5.41, 5.74) is 7.21. The fraction of sp³-hybridized carbons (Fsp3) is 0.579. The SMILES string of the molecule is CC[C]([Al])(CC)C1CC(=O)N(CCCCCC(=O)N[C@H](C(=O)N[C@@H](C)C(=O)N[C@@H](CCC(=O)NCCNC(=O)[C@@H](N)CCN(C(=O)CO)[C@@H](c2nn(-c3cc(F)ccc3F)cc2Cc2ccccc2)C(C)(C)C)C(=O)O)C(C)C)C1=O. The fourth-order valence-electron chi connectivity index (χ4n) is 9.74. The number of carboxylic acid groups (broad SMARTS) is 1. The van der Waals surface area contributed by atoms with Crippen LogP contribution in [0.5, 0.6) is 0 Å². The van der Waals surface area contributed by atoms with E-state index in [4.69, 9.17) is 10.8 Å². The Bertz CT molecular complexity index is 2680. The number of carboxylic acids is 1. The van der Waals surface area contributed by atoms with Crippen LogP contribution in [0.3, 0.4) is 0 Å². The quantitative estimate of drug-likeness (QED) is 0.0252. The number of carbonyl (C=O) groups is 9.